The summed E-state index contributed by atoms with van der Waals surface area (Å²) in [6.07, 6.45) is 0.878. The Morgan fingerprint density at radius 3 is 2.52 bits per heavy atom. The molecule has 29 heavy (non-hydrogen) atoms. The average Bonchev–Trinajstić information content (AvgIpc) is 3.21. The number of carbonyl (C=O) groups excluding carboxylic acids is 2. The molecule has 1 aromatic heterocycles. The number of likely N-dealkylation sites (N-methyl/N-ethyl adjacent to an activating group) is 1. The van der Waals surface area contributed by atoms with E-state index in [-0.39, 0.29) is 23.8 Å². The highest BCUT2D eigenvalue weighted by Gasteiger charge is 2.44. The minimum absolute atomic E-state index is 0.0714. The molecule has 2 heterocycles. The van der Waals surface area contributed by atoms with Gasteiger partial charge in [0.1, 0.15) is 0 Å². The molecule has 1 aromatic carbocycles. The summed E-state index contributed by atoms with van der Waals surface area (Å²) in [7, 11) is 1.61. The quantitative estimate of drug-likeness (QED) is 0.811. The Balaban J connectivity index is 1.79. The first kappa shape index (κ1) is 21.5. The summed E-state index contributed by atoms with van der Waals surface area (Å²) in [4.78, 5) is 28.6. The number of hydrogen-bond donors (Lipinski definition) is 1. The molecule has 0 aliphatic carbocycles. The van der Waals surface area contributed by atoms with Gasteiger partial charge in [0.25, 0.3) is 5.91 Å². The number of carbonyl (C=O) groups is 2. The van der Waals surface area contributed by atoms with Gasteiger partial charge in [0, 0.05) is 31.3 Å². The number of rotatable bonds is 5. The minimum atomic E-state index is -1.06. The third-order valence-corrected chi connectivity index (χ3v) is 6.03. The highest BCUT2D eigenvalue weighted by atomic mass is 32.1. The molecule has 2 amide bonds. The van der Waals surface area contributed by atoms with E-state index < -0.39 is 5.60 Å². The first-order valence-electron chi connectivity index (χ1n) is 9.99. The van der Waals surface area contributed by atoms with Gasteiger partial charge in [-0.2, -0.15) is 0 Å². The maximum Gasteiger partial charge on any atom is 0.254 e. The van der Waals surface area contributed by atoms with Crippen LogP contribution in [0.3, 0.4) is 0 Å². The third kappa shape index (κ3) is 5.25. The van der Waals surface area contributed by atoms with Crippen molar-refractivity contribution in [2.75, 3.05) is 26.7 Å². The molecular weight excluding hydrogens is 384 g/mol. The van der Waals surface area contributed by atoms with Crippen LogP contribution in [0, 0.1) is 5.41 Å². The normalized spacial score (nSPS) is 19.8. The van der Waals surface area contributed by atoms with Crippen molar-refractivity contribution in [3.05, 3.63) is 47.3 Å². The first-order chi connectivity index (χ1) is 13.7. The van der Waals surface area contributed by atoms with Crippen LogP contribution >= 0.6 is 11.3 Å². The predicted molar refractivity (Wildman–Crippen MR) is 117 cm³/mol. The molecule has 0 bridgehead atoms. The number of amides is 2. The van der Waals surface area contributed by atoms with Crippen molar-refractivity contribution in [2.24, 2.45) is 5.41 Å². The molecule has 1 aliphatic rings. The van der Waals surface area contributed by atoms with Crippen LogP contribution in [0.5, 0.6) is 0 Å². The fourth-order valence-electron chi connectivity index (χ4n) is 3.67. The molecule has 0 saturated carbocycles. The van der Waals surface area contributed by atoms with Crippen LogP contribution in [0.2, 0.25) is 0 Å². The summed E-state index contributed by atoms with van der Waals surface area (Å²) >= 11 is 1.70. The molecule has 1 N–H and O–H groups in total. The number of nitrogens with zero attached hydrogens (tertiary/aromatic N) is 1. The van der Waals surface area contributed by atoms with Gasteiger partial charge in [-0.3, -0.25) is 9.59 Å². The Morgan fingerprint density at radius 2 is 1.93 bits per heavy atom. The Labute approximate surface area is 177 Å². The van der Waals surface area contributed by atoms with Gasteiger partial charge >= 0.3 is 0 Å². The van der Waals surface area contributed by atoms with E-state index in [2.05, 4.69) is 28.9 Å². The number of benzene rings is 1. The van der Waals surface area contributed by atoms with E-state index in [1.54, 1.807) is 23.3 Å². The smallest absolute Gasteiger partial charge is 0.254 e. The van der Waals surface area contributed by atoms with Gasteiger partial charge in [-0.25, -0.2) is 0 Å². The van der Waals surface area contributed by atoms with Gasteiger partial charge in [-0.05, 0) is 28.0 Å². The molecule has 5 nitrogen and oxygen atoms in total. The van der Waals surface area contributed by atoms with Crippen molar-refractivity contribution in [1.29, 1.82) is 0 Å². The fraction of sp³-hybridized carbons (Fsp3) is 0.478. The molecule has 3 rings (SSSR count). The summed E-state index contributed by atoms with van der Waals surface area (Å²) in [6.45, 7) is 7.29. The molecule has 2 aromatic rings. The fourth-order valence-corrected chi connectivity index (χ4v) is 4.41. The van der Waals surface area contributed by atoms with Crippen molar-refractivity contribution in [3.8, 4) is 10.4 Å². The van der Waals surface area contributed by atoms with Gasteiger partial charge in [0.05, 0.1) is 13.2 Å². The van der Waals surface area contributed by atoms with E-state index in [9.17, 15) is 9.59 Å². The number of thiophene rings is 1. The van der Waals surface area contributed by atoms with Crippen LogP contribution in [-0.4, -0.2) is 49.1 Å². The van der Waals surface area contributed by atoms with Crippen LogP contribution < -0.4 is 5.32 Å². The lowest BCUT2D eigenvalue weighted by molar-refractivity contribution is -0.166. The summed E-state index contributed by atoms with van der Waals surface area (Å²) in [5, 5.41) is 4.80. The van der Waals surface area contributed by atoms with Gasteiger partial charge in [0.2, 0.25) is 5.91 Å². The van der Waals surface area contributed by atoms with Crippen molar-refractivity contribution in [3.63, 3.8) is 0 Å². The van der Waals surface area contributed by atoms with E-state index in [1.807, 2.05) is 39.0 Å². The molecule has 6 heteroatoms. The Kier molecular flexibility index (Phi) is 6.44. The molecule has 0 radical (unpaired) electrons. The third-order valence-electron chi connectivity index (χ3n) is 5.11. The minimum Gasteiger partial charge on any atom is -0.361 e. The van der Waals surface area contributed by atoms with Gasteiger partial charge < -0.3 is 15.0 Å². The van der Waals surface area contributed by atoms with Crippen LogP contribution in [0.4, 0.5) is 0 Å². The highest BCUT2D eigenvalue weighted by Crippen LogP contribution is 2.29. The Bertz CT molecular complexity index is 840. The molecule has 156 valence electrons. The number of hydrogen-bond acceptors (Lipinski definition) is 4. The largest absolute Gasteiger partial charge is 0.361 e. The molecule has 1 fully saturated rings. The standard InChI is InChI=1S/C23H30N2O3S/c1-22(2,3)15-20(26)25-11-12-28-23(16-25,21(27)24-4)14-17-7-9-18(10-8-17)19-6-5-13-29-19/h5-10,13H,11-12,14-16H2,1-4H3,(H,24,27)/t23-/m1/s1. The lowest BCUT2D eigenvalue weighted by Crippen LogP contribution is -2.61. The van der Waals surface area contributed by atoms with E-state index in [1.165, 1.54) is 4.88 Å². The Hall–Kier alpha value is -2.18. The molecule has 1 saturated heterocycles. The Morgan fingerprint density at radius 1 is 1.21 bits per heavy atom. The summed E-state index contributed by atoms with van der Waals surface area (Å²) < 4.78 is 6.03. The second kappa shape index (κ2) is 8.67. The lowest BCUT2D eigenvalue weighted by atomic mass is 9.88. The van der Waals surface area contributed by atoms with Gasteiger partial charge in [0.15, 0.2) is 5.60 Å². The van der Waals surface area contributed by atoms with Crippen molar-refractivity contribution >= 4 is 23.2 Å². The lowest BCUT2D eigenvalue weighted by Gasteiger charge is -2.42. The van der Waals surface area contributed by atoms with Crippen molar-refractivity contribution in [1.82, 2.24) is 10.2 Å². The van der Waals surface area contributed by atoms with Gasteiger partial charge in [-0.15, -0.1) is 11.3 Å². The zero-order chi connectivity index (χ0) is 21.1. The van der Waals surface area contributed by atoms with E-state index in [0.29, 0.717) is 26.0 Å². The van der Waals surface area contributed by atoms with Crippen LogP contribution in [0.25, 0.3) is 10.4 Å². The maximum absolute atomic E-state index is 12.8. The van der Waals surface area contributed by atoms with E-state index >= 15 is 0 Å². The topological polar surface area (TPSA) is 58.6 Å². The summed E-state index contributed by atoms with van der Waals surface area (Å²) in [5.41, 5.74) is 1.01. The number of ether oxygens (including phenoxy) is 1. The monoisotopic (exact) mass is 414 g/mol. The predicted octanol–water partition coefficient (Wildman–Crippen LogP) is 3.74. The molecule has 0 unspecified atom stereocenters. The van der Waals surface area contributed by atoms with Crippen molar-refractivity contribution < 1.29 is 14.3 Å². The summed E-state index contributed by atoms with van der Waals surface area (Å²) in [5.74, 6) is -0.116. The van der Waals surface area contributed by atoms with E-state index in [0.717, 1.165) is 11.1 Å². The summed E-state index contributed by atoms with van der Waals surface area (Å²) in [6, 6.07) is 12.4. The van der Waals surface area contributed by atoms with Crippen LogP contribution in [0.1, 0.15) is 32.8 Å². The second-order valence-electron chi connectivity index (χ2n) is 8.83. The zero-order valence-electron chi connectivity index (χ0n) is 17.7. The van der Waals surface area contributed by atoms with Crippen LogP contribution in [-0.2, 0) is 20.7 Å². The molecule has 1 atom stereocenters. The first-order valence-corrected chi connectivity index (χ1v) is 10.9. The van der Waals surface area contributed by atoms with E-state index in [4.69, 9.17) is 4.74 Å². The second-order valence-corrected chi connectivity index (χ2v) is 9.77. The SMILES string of the molecule is CNC(=O)[C@@]1(Cc2ccc(-c3cccs3)cc2)CN(C(=O)CC(C)(C)C)CCO1. The molecule has 1 aliphatic heterocycles. The average molecular weight is 415 g/mol. The van der Waals surface area contributed by atoms with Gasteiger partial charge in [-0.1, -0.05) is 51.1 Å². The molecule has 0 spiro atoms. The zero-order valence-corrected chi connectivity index (χ0v) is 18.5. The van der Waals surface area contributed by atoms with Crippen molar-refractivity contribution in [2.45, 2.75) is 39.2 Å². The highest BCUT2D eigenvalue weighted by molar-refractivity contribution is 7.13. The number of nitrogens with one attached hydrogen (secondary N) is 1. The van der Waals surface area contributed by atoms with Crippen LogP contribution in [0.15, 0.2) is 41.8 Å². The molecular formula is C23H30N2O3S. The maximum atomic E-state index is 12.8. The number of morpholine rings is 1.